The summed E-state index contributed by atoms with van der Waals surface area (Å²) in [5.74, 6) is -0.00641. The summed E-state index contributed by atoms with van der Waals surface area (Å²) in [5, 5.41) is 2.88. The van der Waals surface area contributed by atoms with E-state index in [1.54, 1.807) is 18.6 Å². The Labute approximate surface area is 157 Å². The zero-order valence-electron chi connectivity index (χ0n) is 15.0. The van der Waals surface area contributed by atoms with Crippen LogP contribution in [0.4, 0.5) is 0 Å². The second kappa shape index (κ2) is 7.57. The maximum absolute atomic E-state index is 12.4. The molecule has 1 saturated heterocycles. The Bertz CT molecular complexity index is 967. The molecule has 1 aliphatic heterocycles. The molecule has 4 rings (SSSR count). The van der Waals surface area contributed by atoms with Crippen LogP contribution in [-0.4, -0.2) is 50.7 Å². The van der Waals surface area contributed by atoms with Gasteiger partial charge in [0, 0.05) is 50.2 Å². The average molecular weight is 363 g/mol. The molecule has 0 radical (unpaired) electrons. The highest BCUT2D eigenvalue weighted by atomic mass is 16.2. The summed E-state index contributed by atoms with van der Waals surface area (Å²) in [6.07, 6.45) is 7.51. The first-order valence-electron chi connectivity index (χ1n) is 9.17. The minimum atomic E-state index is -0.217. The Morgan fingerprint density at radius 2 is 2.07 bits per heavy atom. The lowest BCUT2D eigenvalue weighted by atomic mass is 10.1. The van der Waals surface area contributed by atoms with Crippen LogP contribution in [0.25, 0.3) is 16.9 Å². The topological polar surface area (TPSA) is 79.6 Å². The highest BCUT2D eigenvalue weighted by Gasteiger charge is 2.19. The van der Waals surface area contributed by atoms with Crippen molar-refractivity contribution in [1.29, 1.82) is 0 Å². The maximum atomic E-state index is 12.4. The highest BCUT2D eigenvalue weighted by Crippen LogP contribution is 2.21. The van der Waals surface area contributed by atoms with E-state index in [1.807, 2.05) is 39.6 Å². The predicted molar refractivity (Wildman–Crippen MR) is 101 cm³/mol. The number of benzene rings is 1. The Hall–Kier alpha value is -3.22. The normalized spacial score (nSPS) is 14.1. The molecule has 7 nitrogen and oxygen atoms in total. The largest absolute Gasteiger partial charge is 0.351 e. The van der Waals surface area contributed by atoms with Gasteiger partial charge in [-0.2, -0.15) is 0 Å². The molecular formula is C20H21N5O2. The number of amides is 2. The third-order valence-corrected chi connectivity index (χ3v) is 4.72. The summed E-state index contributed by atoms with van der Waals surface area (Å²) in [7, 11) is 0. The van der Waals surface area contributed by atoms with Crippen molar-refractivity contribution >= 4 is 17.5 Å². The molecule has 2 aromatic heterocycles. The van der Waals surface area contributed by atoms with Crippen molar-refractivity contribution in [2.45, 2.75) is 19.3 Å². The van der Waals surface area contributed by atoms with E-state index in [1.165, 1.54) is 0 Å². The SMILES string of the molecule is O=C(NCCCN1CCCC1=O)c1cn2ccnc(-c3ccccc3)c2n1. The fourth-order valence-electron chi connectivity index (χ4n) is 3.33. The number of fused-ring (bicyclic) bond motifs is 1. The lowest BCUT2D eigenvalue weighted by molar-refractivity contribution is -0.127. The summed E-state index contributed by atoms with van der Waals surface area (Å²) < 4.78 is 1.81. The van der Waals surface area contributed by atoms with E-state index in [-0.39, 0.29) is 11.8 Å². The van der Waals surface area contributed by atoms with Gasteiger partial charge in [-0.3, -0.25) is 14.6 Å². The Balaban J connectivity index is 1.43. The van der Waals surface area contributed by atoms with Crippen molar-refractivity contribution in [1.82, 2.24) is 24.6 Å². The van der Waals surface area contributed by atoms with Crippen LogP contribution in [0, 0.1) is 0 Å². The van der Waals surface area contributed by atoms with Gasteiger partial charge in [-0.1, -0.05) is 30.3 Å². The first-order valence-corrected chi connectivity index (χ1v) is 9.17. The lowest BCUT2D eigenvalue weighted by Gasteiger charge is -2.14. The summed E-state index contributed by atoms with van der Waals surface area (Å²) in [4.78, 5) is 34.8. The van der Waals surface area contributed by atoms with E-state index >= 15 is 0 Å². The number of likely N-dealkylation sites (tertiary alicyclic amines) is 1. The number of aromatic nitrogens is 3. The monoisotopic (exact) mass is 363 g/mol. The molecule has 2 amide bonds. The van der Waals surface area contributed by atoms with E-state index in [9.17, 15) is 9.59 Å². The molecule has 0 aliphatic carbocycles. The molecule has 1 N–H and O–H groups in total. The molecule has 0 atom stereocenters. The predicted octanol–water partition coefficient (Wildman–Crippen LogP) is 2.14. The molecular weight excluding hydrogens is 342 g/mol. The minimum Gasteiger partial charge on any atom is -0.351 e. The second-order valence-corrected chi connectivity index (χ2v) is 6.59. The molecule has 138 valence electrons. The van der Waals surface area contributed by atoms with Gasteiger partial charge in [0.05, 0.1) is 0 Å². The van der Waals surface area contributed by atoms with Crippen molar-refractivity contribution < 1.29 is 9.59 Å². The molecule has 0 spiro atoms. The highest BCUT2D eigenvalue weighted by molar-refractivity contribution is 5.93. The number of imidazole rings is 1. The molecule has 0 saturated carbocycles. The molecule has 7 heteroatoms. The zero-order chi connectivity index (χ0) is 18.6. The van der Waals surface area contributed by atoms with Crippen molar-refractivity contribution in [2.24, 2.45) is 0 Å². The van der Waals surface area contributed by atoms with Crippen LogP contribution < -0.4 is 5.32 Å². The van der Waals surface area contributed by atoms with E-state index in [0.29, 0.717) is 30.9 Å². The standard InChI is InChI=1S/C20H21N5O2/c26-17-8-4-11-24(17)12-5-9-22-20(27)16-14-25-13-10-21-18(19(25)23-16)15-6-2-1-3-7-15/h1-3,6-7,10,13-14H,4-5,8-9,11-12H2,(H,22,27). The molecule has 1 aliphatic rings. The Morgan fingerprint density at radius 1 is 1.22 bits per heavy atom. The van der Waals surface area contributed by atoms with Gasteiger partial charge >= 0.3 is 0 Å². The van der Waals surface area contributed by atoms with E-state index < -0.39 is 0 Å². The van der Waals surface area contributed by atoms with Gasteiger partial charge in [-0.15, -0.1) is 0 Å². The second-order valence-electron chi connectivity index (χ2n) is 6.59. The van der Waals surface area contributed by atoms with E-state index in [0.717, 1.165) is 30.6 Å². The minimum absolute atomic E-state index is 0.211. The number of carbonyl (C=O) groups is 2. The van der Waals surface area contributed by atoms with Crippen LogP contribution in [-0.2, 0) is 4.79 Å². The van der Waals surface area contributed by atoms with Crippen LogP contribution in [0.5, 0.6) is 0 Å². The molecule has 1 fully saturated rings. The first kappa shape index (κ1) is 17.2. The number of hydrogen-bond acceptors (Lipinski definition) is 4. The van der Waals surface area contributed by atoms with Gasteiger partial charge in [-0.25, -0.2) is 4.98 Å². The number of hydrogen-bond donors (Lipinski definition) is 1. The molecule has 3 aromatic rings. The molecule has 3 heterocycles. The van der Waals surface area contributed by atoms with Gasteiger partial charge in [-0.05, 0) is 12.8 Å². The van der Waals surface area contributed by atoms with E-state index in [2.05, 4.69) is 15.3 Å². The zero-order valence-corrected chi connectivity index (χ0v) is 15.0. The number of nitrogens with zero attached hydrogens (tertiary/aromatic N) is 4. The van der Waals surface area contributed by atoms with Crippen molar-refractivity contribution in [2.75, 3.05) is 19.6 Å². The number of carbonyl (C=O) groups excluding carboxylic acids is 2. The molecule has 27 heavy (non-hydrogen) atoms. The van der Waals surface area contributed by atoms with Crippen molar-refractivity contribution in [3.8, 4) is 11.3 Å². The van der Waals surface area contributed by atoms with Crippen molar-refractivity contribution in [3.63, 3.8) is 0 Å². The van der Waals surface area contributed by atoms with Gasteiger partial charge in [0.2, 0.25) is 5.91 Å². The van der Waals surface area contributed by atoms with Crippen LogP contribution in [0.1, 0.15) is 29.8 Å². The lowest BCUT2D eigenvalue weighted by Crippen LogP contribution is -2.30. The Morgan fingerprint density at radius 3 is 2.85 bits per heavy atom. The number of rotatable bonds is 6. The third kappa shape index (κ3) is 3.67. The molecule has 1 aromatic carbocycles. The third-order valence-electron chi connectivity index (χ3n) is 4.72. The fourth-order valence-corrected chi connectivity index (χ4v) is 3.33. The van der Waals surface area contributed by atoms with Crippen LogP contribution in [0.2, 0.25) is 0 Å². The van der Waals surface area contributed by atoms with Crippen LogP contribution in [0.15, 0.2) is 48.9 Å². The van der Waals surface area contributed by atoms with E-state index in [4.69, 9.17) is 0 Å². The smallest absolute Gasteiger partial charge is 0.271 e. The van der Waals surface area contributed by atoms with Crippen LogP contribution in [0.3, 0.4) is 0 Å². The molecule has 0 unspecified atom stereocenters. The maximum Gasteiger partial charge on any atom is 0.271 e. The summed E-state index contributed by atoms with van der Waals surface area (Å²) in [6, 6.07) is 9.78. The first-order chi connectivity index (χ1) is 13.2. The summed E-state index contributed by atoms with van der Waals surface area (Å²) in [6.45, 7) is 2.03. The van der Waals surface area contributed by atoms with Gasteiger partial charge < -0.3 is 14.6 Å². The Kier molecular flexibility index (Phi) is 4.82. The fraction of sp³-hybridized carbons (Fsp3) is 0.300. The van der Waals surface area contributed by atoms with Crippen molar-refractivity contribution in [3.05, 3.63) is 54.6 Å². The summed E-state index contributed by atoms with van der Waals surface area (Å²) >= 11 is 0. The van der Waals surface area contributed by atoms with Gasteiger partial charge in [0.1, 0.15) is 11.4 Å². The number of nitrogens with one attached hydrogen (secondary N) is 1. The quantitative estimate of drug-likeness (QED) is 0.681. The van der Waals surface area contributed by atoms with Crippen LogP contribution >= 0.6 is 0 Å². The van der Waals surface area contributed by atoms with Gasteiger partial charge in [0.15, 0.2) is 5.65 Å². The summed E-state index contributed by atoms with van der Waals surface area (Å²) in [5.41, 5.74) is 2.70. The van der Waals surface area contributed by atoms with Gasteiger partial charge in [0.25, 0.3) is 5.91 Å². The average Bonchev–Trinajstić information content (AvgIpc) is 3.31. The molecule has 0 bridgehead atoms.